The van der Waals surface area contributed by atoms with Crippen molar-refractivity contribution in [1.29, 1.82) is 0 Å². The van der Waals surface area contributed by atoms with Gasteiger partial charge < -0.3 is 4.74 Å². The predicted molar refractivity (Wildman–Crippen MR) is 87.2 cm³/mol. The first-order chi connectivity index (χ1) is 10.3. The lowest BCUT2D eigenvalue weighted by Crippen LogP contribution is -2.28. The van der Waals surface area contributed by atoms with Crippen LogP contribution in [0.5, 0.6) is 0 Å². The molecule has 2 heteroatoms. The summed E-state index contributed by atoms with van der Waals surface area (Å²) in [6, 6.07) is 0. The summed E-state index contributed by atoms with van der Waals surface area (Å²) in [6.07, 6.45) is 16.0. The van der Waals surface area contributed by atoms with Gasteiger partial charge in [0.05, 0.1) is 19.4 Å². The Morgan fingerprint density at radius 1 is 0.952 bits per heavy atom. The van der Waals surface area contributed by atoms with Crippen LogP contribution in [0.2, 0.25) is 0 Å². The molecule has 1 nitrogen and oxygen atoms in total. The molecule has 2 saturated carbocycles. The summed E-state index contributed by atoms with van der Waals surface area (Å²) in [5, 5.41) is 0. The summed E-state index contributed by atoms with van der Waals surface area (Å²) in [7, 11) is 0. The average molecular weight is 296 g/mol. The minimum atomic E-state index is -0.129. The lowest BCUT2D eigenvalue weighted by atomic mass is 9.70. The van der Waals surface area contributed by atoms with E-state index in [2.05, 4.69) is 6.58 Å². The molecule has 2 rings (SSSR count). The molecule has 0 bridgehead atoms. The summed E-state index contributed by atoms with van der Waals surface area (Å²) in [5.74, 6) is 2.70. The van der Waals surface area contributed by atoms with Gasteiger partial charge in [0.25, 0.3) is 0 Å². The molecule has 0 radical (unpaired) electrons. The Labute approximate surface area is 130 Å². The Balaban J connectivity index is 1.61. The SMILES string of the molecule is C=CCCOC1CCC(C2CCC(CCCF)CC2)CC1. The first-order valence-corrected chi connectivity index (χ1v) is 9.12. The molecular formula is C19H33FO. The van der Waals surface area contributed by atoms with Crippen LogP contribution in [-0.2, 0) is 4.74 Å². The van der Waals surface area contributed by atoms with Gasteiger partial charge in [-0.15, -0.1) is 6.58 Å². The van der Waals surface area contributed by atoms with Crippen molar-refractivity contribution in [3.8, 4) is 0 Å². The molecule has 0 unspecified atom stereocenters. The standard InChI is InChI=1S/C19H33FO/c1-2-3-15-21-19-12-10-18(11-13-19)17-8-6-16(7-9-17)5-4-14-20/h2,16-19H,1,3-15H2. The van der Waals surface area contributed by atoms with Gasteiger partial charge in [0.1, 0.15) is 0 Å². The highest BCUT2D eigenvalue weighted by atomic mass is 19.1. The summed E-state index contributed by atoms with van der Waals surface area (Å²) in [4.78, 5) is 0. The Hall–Kier alpha value is -0.370. The zero-order chi connectivity index (χ0) is 14.9. The smallest absolute Gasteiger partial charge is 0.0894 e. The third kappa shape index (κ3) is 5.73. The van der Waals surface area contributed by atoms with Crippen molar-refractivity contribution in [1.82, 2.24) is 0 Å². The van der Waals surface area contributed by atoms with Crippen LogP contribution >= 0.6 is 0 Å². The van der Waals surface area contributed by atoms with Crippen LogP contribution in [-0.4, -0.2) is 19.4 Å². The molecule has 0 N–H and O–H groups in total. The van der Waals surface area contributed by atoms with Crippen LogP contribution in [0.1, 0.15) is 70.6 Å². The van der Waals surface area contributed by atoms with Crippen LogP contribution in [0.15, 0.2) is 12.7 Å². The van der Waals surface area contributed by atoms with E-state index in [0.717, 1.165) is 43.6 Å². The van der Waals surface area contributed by atoms with Crippen molar-refractivity contribution in [2.24, 2.45) is 17.8 Å². The Kier molecular flexibility index (Phi) is 7.77. The van der Waals surface area contributed by atoms with Gasteiger partial charge in [-0.2, -0.15) is 0 Å². The van der Waals surface area contributed by atoms with Crippen LogP contribution in [0.25, 0.3) is 0 Å². The van der Waals surface area contributed by atoms with Crippen molar-refractivity contribution in [2.45, 2.75) is 76.7 Å². The van der Waals surface area contributed by atoms with Crippen LogP contribution < -0.4 is 0 Å². The second-order valence-corrected chi connectivity index (χ2v) is 7.10. The minimum Gasteiger partial charge on any atom is -0.378 e. The summed E-state index contributed by atoms with van der Waals surface area (Å²) < 4.78 is 18.2. The number of hydrogen-bond acceptors (Lipinski definition) is 1. The van der Waals surface area contributed by atoms with E-state index in [4.69, 9.17) is 4.74 Å². The number of alkyl halides is 1. The molecule has 2 aliphatic rings. The van der Waals surface area contributed by atoms with E-state index in [1.54, 1.807) is 0 Å². The molecule has 0 aromatic carbocycles. The molecule has 0 heterocycles. The maximum absolute atomic E-state index is 12.2. The monoisotopic (exact) mass is 296 g/mol. The Bertz CT molecular complexity index is 275. The molecule has 0 aromatic heterocycles. The average Bonchev–Trinajstić information content (AvgIpc) is 2.54. The second kappa shape index (κ2) is 9.61. The molecule has 2 fully saturated rings. The largest absolute Gasteiger partial charge is 0.378 e. The number of rotatable bonds is 8. The van der Waals surface area contributed by atoms with E-state index >= 15 is 0 Å². The van der Waals surface area contributed by atoms with Gasteiger partial charge in [-0.05, 0) is 75.5 Å². The molecule has 0 amide bonds. The van der Waals surface area contributed by atoms with E-state index in [1.165, 1.54) is 51.4 Å². The van der Waals surface area contributed by atoms with Gasteiger partial charge in [-0.1, -0.05) is 18.9 Å². The summed E-state index contributed by atoms with van der Waals surface area (Å²) >= 11 is 0. The molecule has 0 atom stereocenters. The van der Waals surface area contributed by atoms with Gasteiger partial charge >= 0.3 is 0 Å². The molecular weight excluding hydrogens is 263 g/mol. The van der Waals surface area contributed by atoms with Crippen molar-refractivity contribution in [3.63, 3.8) is 0 Å². The maximum Gasteiger partial charge on any atom is 0.0894 e. The topological polar surface area (TPSA) is 9.23 Å². The highest BCUT2D eigenvalue weighted by molar-refractivity contribution is 4.82. The number of hydrogen-bond donors (Lipinski definition) is 0. The van der Waals surface area contributed by atoms with Gasteiger partial charge in [-0.3, -0.25) is 4.39 Å². The highest BCUT2D eigenvalue weighted by Gasteiger charge is 2.30. The Morgan fingerprint density at radius 2 is 1.57 bits per heavy atom. The van der Waals surface area contributed by atoms with E-state index in [9.17, 15) is 4.39 Å². The lowest BCUT2D eigenvalue weighted by molar-refractivity contribution is 0.00910. The van der Waals surface area contributed by atoms with Crippen LogP contribution in [0, 0.1) is 17.8 Å². The van der Waals surface area contributed by atoms with Crippen molar-refractivity contribution < 1.29 is 9.13 Å². The predicted octanol–water partition coefficient (Wildman–Crippen LogP) is 5.69. The van der Waals surface area contributed by atoms with Crippen molar-refractivity contribution in [3.05, 3.63) is 12.7 Å². The summed E-state index contributed by atoms with van der Waals surface area (Å²) in [5.41, 5.74) is 0. The molecule has 0 aromatic rings. The van der Waals surface area contributed by atoms with E-state index in [-0.39, 0.29) is 6.67 Å². The van der Waals surface area contributed by atoms with Gasteiger partial charge in [0.15, 0.2) is 0 Å². The highest BCUT2D eigenvalue weighted by Crippen LogP contribution is 2.41. The van der Waals surface area contributed by atoms with E-state index < -0.39 is 0 Å². The molecule has 0 spiro atoms. The maximum atomic E-state index is 12.2. The lowest BCUT2D eigenvalue weighted by Gasteiger charge is -2.37. The zero-order valence-electron chi connectivity index (χ0n) is 13.6. The molecule has 0 saturated heterocycles. The molecule has 2 aliphatic carbocycles. The second-order valence-electron chi connectivity index (χ2n) is 7.10. The molecule has 0 aliphatic heterocycles. The first-order valence-electron chi connectivity index (χ1n) is 9.12. The fraction of sp³-hybridized carbons (Fsp3) is 0.895. The fourth-order valence-electron chi connectivity index (χ4n) is 4.36. The van der Waals surface area contributed by atoms with Crippen LogP contribution in [0.3, 0.4) is 0 Å². The van der Waals surface area contributed by atoms with Gasteiger partial charge in [0.2, 0.25) is 0 Å². The zero-order valence-corrected chi connectivity index (χ0v) is 13.6. The van der Waals surface area contributed by atoms with Crippen LogP contribution in [0.4, 0.5) is 4.39 Å². The normalized spacial score (nSPS) is 33.8. The van der Waals surface area contributed by atoms with Crippen molar-refractivity contribution >= 4 is 0 Å². The number of ether oxygens (including phenoxy) is 1. The van der Waals surface area contributed by atoms with E-state index in [1.807, 2.05) is 6.08 Å². The fourth-order valence-corrected chi connectivity index (χ4v) is 4.36. The first kappa shape index (κ1) is 17.0. The third-order valence-electron chi connectivity index (χ3n) is 5.70. The quantitative estimate of drug-likeness (QED) is 0.413. The summed E-state index contributed by atoms with van der Waals surface area (Å²) in [6.45, 7) is 4.46. The molecule has 21 heavy (non-hydrogen) atoms. The Morgan fingerprint density at radius 3 is 2.14 bits per heavy atom. The van der Waals surface area contributed by atoms with Gasteiger partial charge in [0, 0.05) is 0 Å². The van der Waals surface area contributed by atoms with Gasteiger partial charge in [-0.25, -0.2) is 0 Å². The number of halogens is 1. The molecule has 122 valence electrons. The van der Waals surface area contributed by atoms with Crippen molar-refractivity contribution in [2.75, 3.05) is 13.3 Å². The van der Waals surface area contributed by atoms with E-state index in [0.29, 0.717) is 6.10 Å². The third-order valence-corrected chi connectivity index (χ3v) is 5.70. The minimum absolute atomic E-state index is 0.129.